The zero-order chi connectivity index (χ0) is 25.8. The van der Waals surface area contributed by atoms with E-state index < -0.39 is 34.2 Å². The molecule has 1 fully saturated rings. The second-order valence-corrected chi connectivity index (χ2v) is 8.79. The fourth-order valence-corrected chi connectivity index (χ4v) is 4.32. The van der Waals surface area contributed by atoms with Crippen molar-refractivity contribution in [1.29, 1.82) is 0 Å². The van der Waals surface area contributed by atoms with Gasteiger partial charge in [0.2, 0.25) is 5.91 Å². The Hall–Kier alpha value is -4.45. The number of primary amides is 1. The predicted molar refractivity (Wildman–Crippen MR) is 133 cm³/mol. The van der Waals surface area contributed by atoms with E-state index in [1.165, 1.54) is 0 Å². The first-order chi connectivity index (χ1) is 17.2. The molecule has 0 bridgehead atoms. The van der Waals surface area contributed by atoms with Crippen LogP contribution in [0.5, 0.6) is 5.75 Å². The number of hydrogen-bond acceptors (Lipinski definition) is 8. The molecule has 2 aromatic carbocycles. The summed E-state index contributed by atoms with van der Waals surface area (Å²) >= 11 is 0.844. The maximum atomic E-state index is 12.3. The first-order valence-corrected chi connectivity index (χ1v) is 11.6. The van der Waals surface area contributed by atoms with Crippen molar-refractivity contribution in [2.45, 2.75) is 19.3 Å². The molecule has 184 valence electrons. The Bertz CT molecular complexity index is 1520. The number of aromatic nitrogens is 2. The molecule has 3 aromatic rings. The third kappa shape index (κ3) is 5.28. The number of unbranched alkanes of at least 4 members (excludes halogenated alkanes) is 1. The third-order valence-corrected chi connectivity index (χ3v) is 6.15. The topological polar surface area (TPSA) is 170 Å². The molecule has 0 aliphatic carbocycles. The summed E-state index contributed by atoms with van der Waals surface area (Å²) in [6, 6.07) is 11.8. The van der Waals surface area contributed by atoms with Crippen LogP contribution in [-0.2, 0) is 4.79 Å². The van der Waals surface area contributed by atoms with Gasteiger partial charge < -0.3 is 15.5 Å². The summed E-state index contributed by atoms with van der Waals surface area (Å²) in [5.74, 6) is -1.51. The van der Waals surface area contributed by atoms with Crippen molar-refractivity contribution < 1.29 is 23.9 Å². The van der Waals surface area contributed by atoms with Gasteiger partial charge in [-0.05, 0) is 47.7 Å². The highest BCUT2D eigenvalue weighted by Gasteiger charge is 2.25. The highest BCUT2D eigenvalue weighted by atomic mass is 32.2. The normalized spacial score (nSPS) is 14.3. The minimum Gasteiger partial charge on any atom is -0.493 e. The summed E-state index contributed by atoms with van der Waals surface area (Å²) in [7, 11) is 0. The van der Waals surface area contributed by atoms with E-state index in [9.17, 15) is 28.8 Å². The summed E-state index contributed by atoms with van der Waals surface area (Å²) in [5.41, 5.74) is 3.49. The van der Waals surface area contributed by atoms with Crippen LogP contribution in [0.4, 0.5) is 4.79 Å². The molecule has 0 spiro atoms. The molecule has 3 amide bonds. The quantitative estimate of drug-likeness (QED) is 0.306. The van der Waals surface area contributed by atoms with Gasteiger partial charge in [-0.1, -0.05) is 30.3 Å². The number of imide groups is 1. The van der Waals surface area contributed by atoms with Crippen molar-refractivity contribution in [3.8, 4) is 5.75 Å². The SMILES string of the molecule is NC(=O)c1cc(=O)n(C(=O)CCCCOc2ccc(C=C3SC(=O)NC3=O)c3ccccc23)c(=O)[nH]1. The van der Waals surface area contributed by atoms with Gasteiger partial charge in [-0.15, -0.1) is 0 Å². The van der Waals surface area contributed by atoms with Crippen molar-refractivity contribution in [2.24, 2.45) is 5.73 Å². The summed E-state index contributed by atoms with van der Waals surface area (Å²) in [6.07, 6.45) is 2.40. The molecule has 0 radical (unpaired) electrons. The zero-order valence-corrected chi connectivity index (χ0v) is 19.6. The highest BCUT2D eigenvalue weighted by Crippen LogP contribution is 2.32. The number of carbonyl (C=O) groups excluding carboxylic acids is 4. The van der Waals surface area contributed by atoms with E-state index in [1.807, 2.05) is 24.3 Å². The van der Waals surface area contributed by atoms with E-state index in [0.29, 0.717) is 28.1 Å². The fourth-order valence-electron chi connectivity index (χ4n) is 3.65. The number of thioether (sulfide) groups is 1. The Morgan fingerprint density at radius 2 is 1.78 bits per heavy atom. The second-order valence-electron chi connectivity index (χ2n) is 7.78. The van der Waals surface area contributed by atoms with E-state index in [4.69, 9.17) is 10.5 Å². The lowest BCUT2D eigenvalue weighted by molar-refractivity contribution is -0.115. The monoisotopic (exact) mass is 508 g/mol. The van der Waals surface area contributed by atoms with E-state index in [1.54, 1.807) is 18.2 Å². The summed E-state index contributed by atoms with van der Waals surface area (Å²) in [6.45, 7) is 0.274. The molecule has 2 heterocycles. The van der Waals surface area contributed by atoms with E-state index in [2.05, 4.69) is 10.3 Å². The zero-order valence-electron chi connectivity index (χ0n) is 18.7. The molecule has 1 aliphatic rings. The minimum atomic E-state index is -1.02. The van der Waals surface area contributed by atoms with Gasteiger partial charge in [0.1, 0.15) is 11.4 Å². The van der Waals surface area contributed by atoms with Crippen LogP contribution in [0.1, 0.15) is 40.1 Å². The number of fused-ring (bicyclic) bond motifs is 1. The molecule has 36 heavy (non-hydrogen) atoms. The Kier molecular flexibility index (Phi) is 7.15. The Morgan fingerprint density at radius 1 is 1.03 bits per heavy atom. The minimum absolute atomic E-state index is 0.0754. The molecule has 1 saturated heterocycles. The summed E-state index contributed by atoms with van der Waals surface area (Å²) in [4.78, 5) is 73.2. The standard InChI is InChI=1S/C24H20N4O7S/c25-21(31)16-12-20(30)28(23(33)26-16)19(29)7-3-4-10-35-17-9-8-13(14-5-1-2-6-15(14)17)11-18-22(32)27-24(34)36-18/h1-2,5-6,8-9,11-12H,3-4,7,10H2,(H2,25,31)(H,26,33)(H,27,32,34). The van der Waals surface area contributed by atoms with Crippen molar-refractivity contribution in [2.75, 3.05) is 6.61 Å². The molecule has 12 heteroatoms. The van der Waals surface area contributed by atoms with Gasteiger partial charge in [-0.3, -0.25) is 29.3 Å². The number of nitrogens with one attached hydrogen (secondary N) is 2. The maximum Gasteiger partial charge on any atom is 0.335 e. The predicted octanol–water partition coefficient (Wildman–Crippen LogP) is 2.00. The fraction of sp³-hybridized carbons (Fsp3) is 0.167. The number of aromatic amines is 1. The largest absolute Gasteiger partial charge is 0.493 e. The average Bonchev–Trinajstić information content (AvgIpc) is 3.15. The molecule has 4 N–H and O–H groups in total. The van der Waals surface area contributed by atoms with Gasteiger partial charge in [0.05, 0.1) is 11.5 Å². The molecule has 0 saturated carbocycles. The molecule has 1 aromatic heterocycles. The van der Waals surface area contributed by atoms with Gasteiger partial charge in [-0.2, -0.15) is 4.57 Å². The lowest BCUT2D eigenvalue weighted by atomic mass is 10.0. The molecule has 1 aliphatic heterocycles. The van der Waals surface area contributed by atoms with Crippen LogP contribution in [0.25, 0.3) is 16.8 Å². The van der Waals surface area contributed by atoms with Gasteiger partial charge in [0.15, 0.2) is 0 Å². The molecule has 0 unspecified atom stereocenters. The van der Waals surface area contributed by atoms with Gasteiger partial charge in [-0.25, -0.2) is 4.79 Å². The lowest BCUT2D eigenvalue weighted by Gasteiger charge is -2.11. The first-order valence-electron chi connectivity index (χ1n) is 10.8. The lowest BCUT2D eigenvalue weighted by Crippen LogP contribution is -2.41. The number of H-pyrrole nitrogens is 1. The van der Waals surface area contributed by atoms with Crippen LogP contribution < -0.4 is 27.0 Å². The van der Waals surface area contributed by atoms with Crippen LogP contribution in [0.15, 0.2) is 57.0 Å². The number of nitrogens with two attached hydrogens (primary N) is 1. The molecular weight excluding hydrogens is 488 g/mol. The van der Waals surface area contributed by atoms with Gasteiger partial charge in [0.25, 0.3) is 22.6 Å². The second kappa shape index (κ2) is 10.4. The number of rotatable bonds is 8. The number of carbonyl (C=O) groups is 4. The van der Waals surface area contributed by atoms with Crippen molar-refractivity contribution in [1.82, 2.24) is 14.9 Å². The molecule has 4 rings (SSSR count). The van der Waals surface area contributed by atoms with Crippen LogP contribution in [0, 0.1) is 0 Å². The van der Waals surface area contributed by atoms with Crippen LogP contribution >= 0.6 is 11.8 Å². The molecule has 0 atom stereocenters. The Morgan fingerprint density at radius 3 is 2.44 bits per heavy atom. The van der Waals surface area contributed by atoms with E-state index in [0.717, 1.165) is 34.2 Å². The van der Waals surface area contributed by atoms with Crippen molar-refractivity contribution in [3.05, 3.63) is 79.5 Å². The van der Waals surface area contributed by atoms with Crippen LogP contribution in [0.3, 0.4) is 0 Å². The number of nitrogens with zero attached hydrogens (tertiary/aromatic N) is 1. The van der Waals surface area contributed by atoms with Gasteiger partial charge >= 0.3 is 5.69 Å². The number of benzene rings is 2. The number of amides is 3. The van der Waals surface area contributed by atoms with Crippen molar-refractivity contribution >= 4 is 51.6 Å². The highest BCUT2D eigenvalue weighted by molar-refractivity contribution is 8.18. The molecule has 11 nitrogen and oxygen atoms in total. The summed E-state index contributed by atoms with van der Waals surface area (Å²) in [5, 5.41) is 3.47. The third-order valence-electron chi connectivity index (χ3n) is 5.34. The smallest absolute Gasteiger partial charge is 0.335 e. The van der Waals surface area contributed by atoms with E-state index >= 15 is 0 Å². The summed E-state index contributed by atoms with van der Waals surface area (Å²) < 4.78 is 6.34. The van der Waals surface area contributed by atoms with Crippen molar-refractivity contribution in [3.63, 3.8) is 0 Å². The Balaban J connectivity index is 1.39. The maximum absolute atomic E-state index is 12.3. The van der Waals surface area contributed by atoms with Crippen LogP contribution in [0.2, 0.25) is 0 Å². The van der Waals surface area contributed by atoms with Crippen LogP contribution in [-0.4, -0.2) is 39.1 Å². The first kappa shape index (κ1) is 24.7. The number of ether oxygens (including phenoxy) is 1. The molecular formula is C24H20N4O7S. The average molecular weight is 509 g/mol. The van der Waals surface area contributed by atoms with E-state index in [-0.39, 0.29) is 18.7 Å². The number of hydrogen-bond donors (Lipinski definition) is 3. The van der Waals surface area contributed by atoms with Gasteiger partial charge in [0, 0.05) is 17.9 Å². The Labute approximate surface area is 207 Å².